The molecule has 6 nitrogen and oxygen atoms in total. The third-order valence-electron chi connectivity index (χ3n) is 4.82. The van der Waals surface area contributed by atoms with Gasteiger partial charge in [0.05, 0.1) is 11.9 Å². The highest BCUT2D eigenvalue weighted by Gasteiger charge is 2.14. The zero-order valence-corrected chi connectivity index (χ0v) is 15.5. The van der Waals surface area contributed by atoms with Gasteiger partial charge < -0.3 is 20.4 Å². The van der Waals surface area contributed by atoms with Crippen LogP contribution < -0.4 is 20.4 Å². The third-order valence-corrected chi connectivity index (χ3v) is 4.82. The SMILES string of the molecule is C[C@H](CNC(=O)Nc1ccc(N2CCCC2)nc1)N(C)c1ccccc1. The monoisotopic (exact) mass is 353 g/mol. The van der Waals surface area contributed by atoms with Crippen molar-refractivity contribution in [2.75, 3.05) is 41.8 Å². The molecule has 0 saturated carbocycles. The molecule has 1 fully saturated rings. The number of pyridine rings is 1. The molecule has 0 aliphatic carbocycles. The van der Waals surface area contributed by atoms with Crippen molar-refractivity contribution in [2.24, 2.45) is 0 Å². The van der Waals surface area contributed by atoms with E-state index in [1.54, 1.807) is 6.20 Å². The number of amides is 2. The minimum absolute atomic E-state index is 0.179. The Morgan fingerprint density at radius 3 is 2.58 bits per heavy atom. The van der Waals surface area contributed by atoms with Crippen LogP contribution in [0.4, 0.5) is 22.0 Å². The maximum Gasteiger partial charge on any atom is 0.319 e. The summed E-state index contributed by atoms with van der Waals surface area (Å²) >= 11 is 0. The van der Waals surface area contributed by atoms with Gasteiger partial charge in [0.15, 0.2) is 0 Å². The van der Waals surface area contributed by atoms with E-state index in [-0.39, 0.29) is 12.1 Å². The van der Waals surface area contributed by atoms with Crippen LogP contribution in [-0.4, -0.2) is 43.7 Å². The standard InChI is InChI=1S/C20H27N5O/c1-16(24(2)18-8-4-3-5-9-18)14-22-20(26)23-17-10-11-19(21-15-17)25-12-6-7-13-25/h3-5,8-11,15-16H,6-7,12-14H2,1-2H3,(H2,22,23,26)/t16-/m1/s1. The number of para-hydroxylation sites is 1. The van der Waals surface area contributed by atoms with E-state index in [9.17, 15) is 4.79 Å². The third kappa shape index (κ3) is 4.65. The minimum atomic E-state index is -0.214. The summed E-state index contributed by atoms with van der Waals surface area (Å²) in [7, 11) is 2.03. The van der Waals surface area contributed by atoms with Gasteiger partial charge in [0, 0.05) is 38.4 Å². The molecule has 2 heterocycles. The van der Waals surface area contributed by atoms with E-state index in [0.29, 0.717) is 12.2 Å². The van der Waals surface area contributed by atoms with Gasteiger partial charge in [0.2, 0.25) is 0 Å². The van der Waals surface area contributed by atoms with Crippen molar-refractivity contribution in [2.45, 2.75) is 25.8 Å². The lowest BCUT2D eigenvalue weighted by molar-refractivity contribution is 0.251. The molecule has 0 spiro atoms. The van der Waals surface area contributed by atoms with Crippen LogP contribution in [0.2, 0.25) is 0 Å². The zero-order chi connectivity index (χ0) is 18.4. The van der Waals surface area contributed by atoms with Gasteiger partial charge in [-0.1, -0.05) is 18.2 Å². The van der Waals surface area contributed by atoms with Crippen LogP contribution in [0.25, 0.3) is 0 Å². The first-order valence-electron chi connectivity index (χ1n) is 9.17. The number of benzene rings is 1. The topological polar surface area (TPSA) is 60.5 Å². The molecule has 3 rings (SSSR count). The Kier molecular flexibility index (Phi) is 5.94. The maximum atomic E-state index is 12.1. The number of anilines is 3. The Bertz CT molecular complexity index is 698. The van der Waals surface area contributed by atoms with E-state index in [1.165, 1.54) is 12.8 Å². The van der Waals surface area contributed by atoms with Crippen molar-refractivity contribution in [3.8, 4) is 0 Å². The molecule has 1 aliphatic rings. The molecule has 138 valence electrons. The van der Waals surface area contributed by atoms with Crippen LogP contribution in [0.15, 0.2) is 48.7 Å². The van der Waals surface area contributed by atoms with Crippen molar-refractivity contribution < 1.29 is 4.79 Å². The van der Waals surface area contributed by atoms with Crippen LogP contribution in [-0.2, 0) is 0 Å². The van der Waals surface area contributed by atoms with Crippen LogP contribution in [0, 0.1) is 0 Å². The van der Waals surface area contributed by atoms with E-state index < -0.39 is 0 Å². The number of carbonyl (C=O) groups is 1. The second-order valence-electron chi connectivity index (χ2n) is 6.73. The molecule has 1 aromatic heterocycles. The lowest BCUT2D eigenvalue weighted by Gasteiger charge is -2.27. The van der Waals surface area contributed by atoms with Crippen LogP contribution in [0.1, 0.15) is 19.8 Å². The number of hydrogen-bond donors (Lipinski definition) is 2. The van der Waals surface area contributed by atoms with Gasteiger partial charge >= 0.3 is 6.03 Å². The number of likely N-dealkylation sites (N-methyl/N-ethyl adjacent to an activating group) is 1. The Morgan fingerprint density at radius 2 is 1.92 bits per heavy atom. The Labute approximate surface area is 155 Å². The van der Waals surface area contributed by atoms with Crippen molar-refractivity contribution in [1.29, 1.82) is 0 Å². The second kappa shape index (κ2) is 8.56. The molecule has 1 saturated heterocycles. The average Bonchev–Trinajstić information content (AvgIpc) is 3.21. The number of aromatic nitrogens is 1. The largest absolute Gasteiger partial charge is 0.370 e. The maximum absolute atomic E-state index is 12.1. The molecule has 1 aliphatic heterocycles. The zero-order valence-electron chi connectivity index (χ0n) is 15.5. The molecule has 6 heteroatoms. The summed E-state index contributed by atoms with van der Waals surface area (Å²) in [5, 5.41) is 5.77. The van der Waals surface area contributed by atoms with Crippen LogP contribution in [0.3, 0.4) is 0 Å². The molecule has 0 unspecified atom stereocenters. The van der Waals surface area contributed by atoms with Gasteiger partial charge in [-0.3, -0.25) is 0 Å². The van der Waals surface area contributed by atoms with E-state index in [2.05, 4.69) is 44.5 Å². The molecule has 2 aromatic rings. The number of nitrogens with one attached hydrogen (secondary N) is 2. The summed E-state index contributed by atoms with van der Waals surface area (Å²) in [6.07, 6.45) is 4.16. The fraction of sp³-hybridized carbons (Fsp3) is 0.400. The number of nitrogens with zero attached hydrogens (tertiary/aromatic N) is 3. The number of carbonyl (C=O) groups excluding carboxylic acids is 1. The lowest BCUT2D eigenvalue weighted by atomic mass is 10.2. The van der Waals surface area contributed by atoms with E-state index in [1.807, 2.05) is 37.4 Å². The fourth-order valence-electron chi connectivity index (χ4n) is 3.06. The Morgan fingerprint density at radius 1 is 1.19 bits per heavy atom. The Balaban J connectivity index is 1.46. The molecular weight excluding hydrogens is 326 g/mol. The average molecular weight is 353 g/mol. The highest BCUT2D eigenvalue weighted by molar-refractivity contribution is 5.89. The van der Waals surface area contributed by atoms with Crippen molar-refractivity contribution >= 4 is 23.2 Å². The van der Waals surface area contributed by atoms with Crippen molar-refractivity contribution in [1.82, 2.24) is 10.3 Å². The molecule has 0 radical (unpaired) electrons. The fourth-order valence-corrected chi connectivity index (χ4v) is 3.06. The van der Waals surface area contributed by atoms with Crippen LogP contribution in [0.5, 0.6) is 0 Å². The lowest BCUT2D eigenvalue weighted by Crippen LogP contribution is -2.41. The predicted molar refractivity (Wildman–Crippen MR) is 107 cm³/mol. The second-order valence-corrected chi connectivity index (χ2v) is 6.73. The van der Waals surface area contributed by atoms with Gasteiger partial charge in [-0.2, -0.15) is 0 Å². The van der Waals surface area contributed by atoms with Gasteiger partial charge in [-0.05, 0) is 44.0 Å². The van der Waals surface area contributed by atoms with Crippen molar-refractivity contribution in [3.63, 3.8) is 0 Å². The quantitative estimate of drug-likeness (QED) is 0.836. The molecule has 0 bridgehead atoms. The summed E-state index contributed by atoms with van der Waals surface area (Å²) < 4.78 is 0. The molecule has 26 heavy (non-hydrogen) atoms. The molecular formula is C20H27N5O. The summed E-state index contributed by atoms with van der Waals surface area (Å²) in [6.45, 7) is 4.76. The Hall–Kier alpha value is -2.76. The smallest absolute Gasteiger partial charge is 0.319 e. The van der Waals surface area contributed by atoms with Crippen LogP contribution >= 0.6 is 0 Å². The van der Waals surface area contributed by atoms with E-state index in [0.717, 1.165) is 24.6 Å². The number of urea groups is 1. The minimum Gasteiger partial charge on any atom is -0.370 e. The molecule has 2 amide bonds. The predicted octanol–water partition coefficient (Wildman–Crippen LogP) is 3.33. The summed E-state index contributed by atoms with van der Waals surface area (Å²) in [5.41, 5.74) is 1.83. The first-order chi connectivity index (χ1) is 12.6. The van der Waals surface area contributed by atoms with Gasteiger partial charge in [-0.15, -0.1) is 0 Å². The first-order valence-corrected chi connectivity index (χ1v) is 9.17. The van der Waals surface area contributed by atoms with Gasteiger partial charge in [0.25, 0.3) is 0 Å². The normalized spacial score (nSPS) is 14.8. The number of hydrogen-bond acceptors (Lipinski definition) is 4. The molecule has 1 atom stereocenters. The molecule has 1 aromatic carbocycles. The summed E-state index contributed by atoms with van der Waals surface area (Å²) in [4.78, 5) is 21.0. The van der Waals surface area contributed by atoms with Gasteiger partial charge in [-0.25, -0.2) is 9.78 Å². The van der Waals surface area contributed by atoms with Gasteiger partial charge in [0.1, 0.15) is 5.82 Å². The van der Waals surface area contributed by atoms with E-state index in [4.69, 9.17) is 0 Å². The highest BCUT2D eigenvalue weighted by atomic mass is 16.2. The molecule has 2 N–H and O–H groups in total. The summed E-state index contributed by atoms with van der Waals surface area (Å²) in [5.74, 6) is 0.978. The van der Waals surface area contributed by atoms with Crippen molar-refractivity contribution in [3.05, 3.63) is 48.7 Å². The first kappa shape index (κ1) is 18.0. The number of rotatable bonds is 6. The summed E-state index contributed by atoms with van der Waals surface area (Å²) in [6, 6.07) is 14.0. The van der Waals surface area contributed by atoms with E-state index >= 15 is 0 Å². The highest BCUT2D eigenvalue weighted by Crippen LogP contribution is 2.19.